The molecule has 0 radical (unpaired) electrons. The molecule has 0 fully saturated rings. The van der Waals surface area contributed by atoms with Gasteiger partial charge in [-0.05, 0) is 48.5 Å². The van der Waals surface area contributed by atoms with E-state index in [2.05, 4.69) is 0 Å². The summed E-state index contributed by atoms with van der Waals surface area (Å²) in [6.07, 6.45) is 0. The molecule has 0 aliphatic rings. The van der Waals surface area contributed by atoms with Crippen LogP contribution in [0.2, 0.25) is 20.1 Å². The van der Waals surface area contributed by atoms with Crippen molar-refractivity contribution in [2.75, 3.05) is 14.2 Å². The van der Waals surface area contributed by atoms with Gasteiger partial charge in [-0.15, -0.1) is 0 Å². The molecule has 0 aliphatic heterocycles. The molecule has 4 nitrogen and oxygen atoms in total. The normalized spacial score (nSPS) is 11.7. The summed E-state index contributed by atoms with van der Waals surface area (Å²) in [4.78, 5) is 4.72. The van der Waals surface area contributed by atoms with E-state index in [4.69, 9.17) is 65.3 Å². The third-order valence-corrected chi connectivity index (χ3v) is 5.62. The Bertz CT molecular complexity index is 1340. The van der Waals surface area contributed by atoms with Crippen LogP contribution in [-0.2, 0) is 0 Å². The molecule has 0 spiro atoms. The maximum atomic E-state index is 6.35. The number of methoxy groups -OCH3 is 2. The van der Waals surface area contributed by atoms with Gasteiger partial charge in [0, 0.05) is 27.1 Å². The van der Waals surface area contributed by atoms with Crippen molar-refractivity contribution in [3.05, 3.63) is 80.0 Å². The molecule has 1 heterocycles. The minimum absolute atomic E-state index is 0.334. The van der Waals surface area contributed by atoms with E-state index in [0.717, 1.165) is 5.56 Å². The van der Waals surface area contributed by atoms with Crippen molar-refractivity contribution >= 4 is 63.1 Å². The van der Waals surface area contributed by atoms with Gasteiger partial charge in [0.25, 0.3) is 0 Å². The highest BCUT2D eigenvalue weighted by molar-refractivity contribution is 6.41. The van der Waals surface area contributed by atoms with Crippen molar-refractivity contribution in [3.63, 3.8) is 0 Å². The quantitative estimate of drug-likeness (QED) is 0.289. The summed E-state index contributed by atoms with van der Waals surface area (Å²) in [7, 11) is 3.16. The number of fused-ring (bicyclic) bond motifs is 1. The zero-order chi connectivity index (χ0) is 22.1. The Morgan fingerprint density at radius 2 is 1.45 bits per heavy atom. The zero-order valence-electron chi connectivity index (χ0n) is 16.4. The summed E-state index contributed by atoms with van der Waals surface area (Å²) in [6.45, 7) is 0. The minimum atomic E-state index is 0.334. The van der Waals surface area contributed by atoms with E-state index in [0.29, 0.717) is 59.4 Å². The molecule has 1 aromatic heterocycles. The first-order chi connectivity index (χ1) is 14.9. The highest BCUT2D eigenvalue weighted by Crippen LogP contribution is 2.36. The van der Waals surface area contributed by atoms with Crippen LogP contribution in [0.25, 0.3) is 22.3 Å². The predicted molar refractivity (Wildman–Crippen MR) is 126 cm³/mol. The Balaban J connectivity index is 2.01. The third kappa shape index (κ3) is 4.48. The van der Waals surface area contributed by atoms with Crippen molar-refractivity contribution < 1.29 is 13.9 Å². The molecule has 0 N–H and O–H groups in total. The number of halogens is 4. The van der Waals surface area contributed by atoms with Crippen molar-refractivity contribution in [1.29, 1.82) is 0 Å². The lowest BCUT2D eigenvalue weighted by molar-refractivity contribution is 0.355. The number of hydrogen-bond acceptors (Lipinski definition) is 4. The standard InChI is InChI=1S/C23H15Cl4NO3/c1-29-20-5-3-12(7-22(20)30-2)21-11-18(15-8-13(24)4-6-19(15)31-21)28-23-16(26)9-14(25)10-17(23)27/h3-11H,1-2H3. The topological polar surface area (TPSA) is 44.0 Å². The molecule has 0 aliphatic carbocycles. The van der Waals surface area contributed by atoms with E-state index >= 15 is 0 Å². The monoisotopic (exact) mass is 493 g/mol. The molecule has 0 saturated heterocycles. The van der Waals surface area contributed by atoms with Crippen molar-refractivity contribution in [2.24, 2.45) is 4.99 Å². The molecule has 0 amide bonds. The number of ether oxygens (including phenoxy) is 2. The van der Waals surface area contributed by atoms with E-state index in [1.54, 1.807) is 56.7 Å². The van der Waals surface area contributed by atoms with E-state index in [1.807, 2.05) is 12.1 Å². The van der Waals surface area contributed by atoms with Crippen LogP contribution in [0.15, 0.2) is 64.0 Å². The Morgan fingerprint density at radius 3 is 2.13 bits per heavy atom. The summed E-state index contributed by atoms with van der Waals surface area (Å²) in [5, 5.41) is 2.93. The Labute approximate surface area is 198 Å². The second-order valence-corrected chi connectivity index (χ2v) is 8.22. The van der Waals surface area contributed by atoms with Gasteiger partial charge in [0.15, 0.2) is 11.5 Å². The Hall–Kier alpha value is -2.37. The lowest BCUT2D eigenvalue weighted by Gasteiger charge is -2.10. The lowest BCUT2D eigenvalue weighted by atomic mass is 10.1. The molecule has 0 unspecified atom stereocenters. The molecular formula is C23H15Cl4NO3. The van der Waals surface area contributed by atoms with Crippen LogP contribution in [0, 0.1) is 0 Å². The SMILES string of the molecule is COc1ccc(-c2cc(=Nc3c(Cl)cc(Cl)cc3Cl)c3cc(Cl)ccc3o2)cc1OC. The summed E-state index contributed by atoms with van der Waals surface area (Å²) in [5.41, 5.74) is 1.77. The van der Waals surface area contributed by atoms with Gasteiger partial charge in [0.2, 0.25) is 0 Å². The predicted octanol–water partition coefficient (Wildman–Crippen LogP) is 7.96. The molecule has 4 rings (SSSR count). The van der Waals surface area contributed by atoms with Gasteiger partial charge in [-0.25, -0.2) is 4.99 Å². The van der Waals surface area contributed by atoms with Crippen LogP contribution in [0.3, 0.4) is 0 Å². The lowest BCUT2D eigenvalue weighted by Crippen LogP contribution is -2.03. The highest BCUT2D eigenvalue weighted by Gasteiger charge is 2.12. The average Bonchev–Trinajstić information content (AvgIpc) is 2.75. The molecule has 31 heavy (non-hydrogen) atoms. The molecule has 3 aromatic carbocycles. The van der Waals surface area contributed by atoms with Crippen LogP contribution in [0.4, 0.5) is 5.69 Å². The van der Waals surface area contributed by atoms with Crippen LogP contribution < -0.4 is 14.8 Å². The maximum Gasteiger partial charge on any atom is 0.161 e. The second kappa shape index (κ2) is 9.01. The molecule has 0 bridgehead atoms. The largest absolute Gasteiger partial charge is 0.493 e. The first-order valence-electron chi connectivity index (χ1n) is 9.04. The molecular weight excluding hydrogens is 480 g/mol. The molecule has 8 heteroatoms. The summed E-state index contributed by atoms with van der Waals surface area (Å²) < 4.78 is 16.9. The van der Waals surface area contributed by atoms with Gasteiger partial charge in [-0.3, -0.25) is 0 Å². The molecule has 4 aromatic rings. The third-order valence-electron chi connectivity index (χ3n) is 4.59. The number of hydrogen-bond donors (Lipinski definition) is 0. The van der Waals surface area contributed by atoms with Gasteiger partial charge in [0.1, 0.15) is 17.0 Å². The van der Waals surface area contributed by atoms with E-state index in [1.165, 1.54) is 0 Å². The van der Waals surface area contributed by atoms with Crippen LogP contribution in [-0.4, -0.2) is 14.2 Å². The van der Waals surface area contributed by atoms with Crippen LogP contribution >= 0.6 is 46.4 Å². The Morgan fingerprint density at radius 1 is 0.742 bits per heavy atom. The van der Waals surface area contributed by atoms with E-state index in [9.17, 15) is 0 Å². The van der Waals surface area contributed by atoms with E-state index < -0.39 is 0 Å². The second-order valence-electron chi connectivity index (χ2n) is 6.54. The first-order valence-corrected chi connectivity index (χ1v) is 10.6. The van der Waals surface area contributed by atoms with Gasteiger partial charge >= 0.3 is 0 Å². The van der Waals surface area contributed by atoms with Crippen molar-refractivity contribution in [3.8, 4) is 22.8 Å². The molecule has 0 atom stereocenters. The fraction of sp³-hybridized carbons (Fsp3) is 0.0870. The van der Waals surface area contributed by atoms with E-state index in [-0.39, 0.29) is 0 Å². The minimum Gasteiger partial charge on any atom is -0.493 e. The van der Waals surface area contributed by atoms with Gasteiger partial charge in [0.05, 0.1) is 29.6 Å². The summed E-state index contributed by atoms with van der Waals surface area (Å²) in [6, 6.07) is 15.8. The van der Waals surface area contributed by atoms with Crippen LogP contribution in [0.5, 0.6) is 11.5 Å². The smallest absolute Gasteiger partial charge is 0.161 e. The molecule has 158 valence electrons. The summed E-state index contributed by atoms with van der Waals surface area (Å²) >= 11 is 25.0. The highest BCUT2D eigenvalue weighted by atomic mass is 35.5. The van der Waals surface area contributed by atoms with Crippen molar-refractivity contribution in [2.45, 2.75) is 0 Å². The number of nitrogens with zero attached hydrogens (tertiary/aromatic N) is 1. The van der Waals surface area contributed by atoms with Gasteiger partial charge in [-0.1, -0.05) is 46.4 Å². The number of benzene rings is 3. The number of rotatable bonds is 4. The van der Waals surface area contributed by atoms with Gasteiger partial charge < -0.3 is 13.9 Å². The fourth-order valence-corrected chi connectivity index (χ4v) is 4.20. The van der Waals surface area contributed by atoms with Crippen molar-refractivity contribution in [1.82, 2.24) is 0 Å². The van der Waals surface area contributed by atoms with Crippen LogP contribution in [0.1, 0.15) is 0 Å². The summed E-state index contributed by atoms with van der Waals surface area (Å²) in [5.74, 6) is 1.76. The first kappa shape index (κ1) is 21.8. The maximum absolute atomic E-state index is 6.35. The Kier molecular flexibility index (Phi) is 6.35. The zero-order valence-corrected chi connectivity index (χ0v) is 19.4. The fourth-order valence-electron chi connectivity index (χ4n) is 3.13. The molecule has 0 saturated carbocycles. The average molecular weight is 495 g/mol. The van der Waals surface area contributed by atoms with Gasteiger partial charge in [-0.2, -0.15) is 0 Å².